The second-order valence-corrected chi connectivity index (χ2v) is 5.26. The molecule has 1 N–H and O–H groups in total. The van der Waals surface area contributed by atoms with E-state index in [-0.39, 0.29) is 0 Å². The Hall–Kier alpha value is -0.810. The van der Waals surface area contributed by atoms with Crippen molar-refractivity contribution in [3.8, 4) is 0 Å². The van der Waals surface area contributed by atoms with Crippen LogP contribution in [0.3, 0.4) is 0 Å². The molecule has 2 unspecified atom stereocenters. The van der Waals surface area contributed by atoms with Gasteiger partial charge < -0.3 is 5.11 Å². The largest absolute Gasteiger partial charge is 0.540 e. The minimum atomic E-state index is -1.51. The van der Waals surface area contributed by atoms with Crippen molar-refractivity contribution in [2.24, 2.45) is 5.92 Å². The third-order valence-electron chi connectivity index (χ3n) is 3.71. The lowest BCUT2D eigenvalue weighted by molar-refractivity contribution is -0.519. The van der Waals surface area contributed by atoms with Gasteiger partial charge in [-0.3, -0.25) is 0 Å². The molecular weight excluding hydrogens is 248 g/mol. The van der Waals surface area contributed by atoms with Crippen LogP contribution >= 0.6 is 0 Å². The molecule has 0 radical (unpaired) electrons. The lowest BCUT2D eigenvalue weighted by Crippen LogP contribution is -2.29. The zero-order chi connectivity index (χ0) is 14.7. The van der Waals surface area contributed by atoms with E-state index in [1.807, 2.05) is 13.8 Å². The first-order chi connectivity index (χ1) is 8.97. The van der Waals surface area contributed by atoms with Crippen molar-refractivity contribution in [1.82, 2.24) is 0 Å². The Morgan fingerprint density at radius 2 is 1.95 bits per heavy atom. The predicted molar refractivity (Wildman–Crippen MR) is 72.5 cm³/mol. The van der Waals surface area contributed by atoms with E-state index in [4.69, 9.17) is 9.99 Å². The monoisotopic (exact) mass is 276 g/mol. The van der Waals surface area contributed by atoms with E-state index in [1.165, 1.54) is 19.3 Å². The minimum Gasteiger partial charge on any atom is -0.448 e. The Balaban J connectivity index is 4.09. The molecule has 0 aromatic rings. The fraction of sp³-hybridized carbons (Fsp3) is 0.929. The summed E-state index contributed by atoms with van der Waals surface area (Å²) in [5, 5.41) is 12.6. The fourth-order valence-corrected chi connectivity index (χ4v) is 1.96. The highest BCUT2D eigenvalue weighted by Gasteiger charge is 2.26. The van der Waals surface area contributed by atoms with Crippen LogP contribution in [0.2, 0.25) is 0 Å². The molecule has 5 heteroatoms. The highest BCUT2D eigenvalue weighted by molar-refractivity contribution is 5.55. The van der Waals surface area contributed by atoms with E-state index >= 15 is 0 Å². The average Bonchev–Trinajstić information content (AvgIpc) is 2.38. The minimum absolute atomic E-state index is 0.505. The number of unbranched alkanes of at least 4 members (excludes halogenated alkanes) is 1. The van der Waals surface area contributed by atoms with Crippen LogP contribution in [0.1, 0.15) is 72.6 Å². The first-order valence-electron chi connectivity index (χ1n) is 7.22. The van der Waals surface area contributed by atoms with Gasteiger partial charge in [-0.15, -0.1) is 0 Å². The SMILES string of the molecule is CCCCC(CC)CCC(C)(CC)OOOC(=O)O. The van der Waals surface area contributed by atoms with Crippen LogP contribution < -0.4 is 0 Å². The smallest absolute Gasteiger partial charge is 0.448 e. The summed E-state index contributed by atoms with van der Waals surface area (Å²) in [5.41, 5.74) is -0.505. The molecule has 0 heterocycles. The summed E-state index contributed by atoms with van der Waals surface area (Å²) in [6, 6.07) is 0. The summed E-state index contributed by atoms with van der Waals surface area (Å²) in [6.45, 7) is 8.29. The predicted octanol–water partition coefficient (Wildman–Crippen LogP) is 4.71. The molecule has 2 atom stereocenters. The molecule has 0 saturated carbocycles. The van der Waals surface area contributed by atoms with Gasteiger partial charge in [-0.05, 0) is 37.1 Å². The Morgan fingerprint density at radius 3 is 2.42 bits per heavy atom. The second-order valence-electron chi connectivity index (χ2n) is 5.26. The van der Waals surface area contributed by atoms with Crippen molar-refractivity contribution in [2.75, 3.05) is 0 Å². The summed E-state index contributed by atoms with van der Waals surface area (Å²) in [5.74, 6) is 0.690. The van der Waals surface area contributed by atoms with Crippen molar-refractivity contribution in [3.05, 3.63) is 0 Å². The second kappa shape index (κ2) is 10.0. The van der Waals surface area contributed by atoms with E-state index in [9.17, 15) is 4.79 Å². The maximum atomic E-state index is 10.2. The Labute approximate surface area is 116 Å². The van der Waals surface area contributed by atoms with Crippen LogP contribution in [-0.4, -0.2) is 16.9 Å². The third-order valence-corrected chi connectivity index (χ3v) is 3.71. The van der Waals surface area contributed by atoms with E-state index < -0.39 is 11.8 Å². The number of carboxylic acid groups (broad SMARTS) is 1. The van der Waals surface area contributed by atoms with Gasteiger partial charge in [0, 0.05) is 0 Å². The van der Waals surface area contributed by atoms with E-state index in [2.05, 4.69) is 23.8 Å². The van der Waals surface area contributed by atoms with E-state index in [1.54, 1.807) is 0 Å². The Kier molecular flexibility index (Phi) is 9.61. The normalized spacial score (nSPS) is 15.8. The molecule has 114 valence electrons. The number of hydrogen-bond acceptors (Lipinski definition) is 4. The molecule has 5 nitrogen and oxygen atoms in total. The van der Waals surface area contributed by atoms with Crippen LogP contribution in [0.25, 0.3) is 0 Å². The lowest BCUT2D eigenvalue weighted by atomic mass is 9.88. The molecule has 0 spiro atoms. The van der Waals surface area contributed by atoms with Gasteiger partial charge in [0.2, 0.25) is 0 Å². The van der Waals surface area contributed by atoms with E-state index in [0.29, 0.717) is 5.92 Å². The highest BCUT2D eigenvalue weighted by atomic mass is 17.5. The molecule has 0 fully saturated rings. The van der Waals surface area contributed by atoms with Crippen LogP contribution in [0, 0.1) is 5.92 Å². The topological polar surface area (TPSA) is 65.0 Å². The highest BCUT2D eigenvalue weighted by Crippen LogP contribution is 2.28. The standard InChI is InChI=1S/C14H28O5/c1-5-8-9-12(6-2)10-11-14(4,7-3)18-19-17-13(15)16/h12H,5-11H2,1-4H3,(H,15,16). The summed E-state index contributed by atoms with van der Waals surface area (Å²) in [7, 11) is 0. The number of hydrogen-bond donors (Lipinski definition) is 1. The van der Waals surface area contributed by atoms with Gasteiger partial charge in [0.15, 0.2) is 0 Å². The Bertz CT molecular complexity index is 244. The zero-order valence-electron chi connectivity index (χ0n) is 12.6. The van der Waals surface area contributed by atoms with Gasteiger partial charge in [-0.2, -0.15) is 4.89 Å². The summed E-state index contributed by atoms with van der Waals surface area (Å²) in [4.78, 5) is 19.2. The molecule has 0 amide bonds. The number of rotatable bonds is 11. The van der Waals surface area contributed by atoms with Crippen molar-refractivity contribution >= 4 is 6.16 Å². The summed E-state index contributed by atoms with van der Waals surface area (Å²) >= 11 is 0. The molecule has 0 aromatic carbocycles. The summed E-state index contributed by atoms with van der Waals surface area (Å²) < 4.78 is 0. The average molecular weight is 276 g/mol. The van der Waals surface area contributed by atoms with Crippen molar-refractivity contribution in [3.63, 3.8) is 0 Å². The van der Waals surface area contributed by atoms with Gasteiger partial charge >= 0.3 is 6.16 Å². The fourth-order valence-electron chi connectivity index (χ4n) is 1.96. The number of carbonyl (C=O) groups is 1. The quantitative estimate of drug-likeness (QED) is 0.437. The maximum absolute atomic E-state index is 10.2. The molecule has 0 rings (SSSR count). The molecule has 0 aliphatic heterocycles. The van der Waals surface area contributed by atoms with Gasteiger partial charge in [0.25, 0.3) is 0 Å². The maximum Gasteiger partial charge on any atom is 0.540 e. The zero-order valence-corrected chi connectivity index (χ0v) is 12.6. The van der Waals surface area contributed by atoms with Crippen LogP contribution in [0.15, 0.2) is 0 Å². The molecule has 19 heavy (non-hydrogen) atoms. The first-order valence-corrected chi connectivity index (χ1v) is 7.22. The van der Waals surface area contributed by atoms with Gasteiger partial charge in [0.1, 0.15) is 5.60 Å². The van der Waals surface area contributed by atoms with Crippen molar-refractivity contribution in [1.29, 1.82) is 0 Å². The summed E-state index contributed by atoms with van der Waals surface area (Å²) in [6.07, 6.45) is 5.97. The lowest BCUT2D eigenvalue weighted by Gasteiger charge is -2.27. The van der Waals surface area contributed by atoms with Crippen LogP contribution in [-0.2, 0) is 14.8 Å². The molecular formula is C14H28O5. The third kappa shape index (κ3) is 8.83. The first kappa shape index (κ1) is 18.2. The molecule has 0 aromatic heterocycles. The molecule has 0 aliphatic carbocycles. The van der Waals surface area contributed by atoms with E-state index in [0.717, 1.165) is 25.7 Å². The molecule has 0 bridgehead atoms. The Morgan fingerprint density at radius 1 is 1.26 bits per heavy atom. The van der Waals surface area contributed by atoms with Crippen LogP contribution in [0.5, 0.6) is 0 Å². The molecule has 0 aliphatic rings. The van der Waals surface area contributed by atoms with Crippen molar-refractivity contribution in [2.45, 2.75) is 78.2 Å². The van der Waals surface area contributed by atoms with Gasteiger partial charge in [-0.1, -0.05) is 46.5 Å². The van der Waals surface area contributed by atoms with Crippen molar-refractivity contribution < 1.29 is 24.7 Å². The van der Waals surface area contributed by atoms with Gasteiger partial charge in [-0.25, -0.2) is 9.68 Å². The van der Waals surface area contributed by atoms with Gasteiger partial charge in [0.05, 0.1) is 0 Å². The van der Waals surface area contributed by atoms with Crippen LogP contribution in [0.4, 0.5) is 4.79 Å². The molecule has 0 saturated heterocycles.